The first kappa shape index (κ1) is 18.8. The van der Waals surface area contributed by atoms with Crippen LogP contribution in [0.4, 0.5) is 0 Å². The molecule has 3 rings (SSSR count). The molecule has 0 aliphatic heterocycles. The minimum Gasteiger partial charge on any atom is -0.490 e. The Morgan fingerprint density at radius 1 is 1.00 bits per heavy atom. The molecular formula is C24H25NO2. The van der Waals surface area contributed by atoms with E-state index in [2.05, 4.69) is 60.6 Å². The van der Waals surface area contributed by atoms with Gasteiger partial charge < -0.3 is 14.8 Å². The number of ether oxygens (including phenoxy) is 2. The van der Waals surface area contributed by atoms with Crippen molar-refractivity contribution in [3.8, 4) is 23.8 Å². The summed E-state index contributed by atoms with van der Waals surface area (Å²) < 4.78 is 11.3. The Hall–Kier alpha value is -2.96. The van der Waals surface area contributed by atoms with E-state index in [0.29, 0.717) is 12.4 Å². The summed E-state index contributed by atoms with van der Waals surface area (Å²) in [4.78, 5) is 0. The highest BCUT2D eigenvalue weighted by Crippen LogP contribution is 2.29. The lowest BCUT2D eigenvalue weighted by atomic mass is 9.99. The number of hydrogen-bond acceptors (Lipinski definition) is 3. The van der Waals surface area contributed by atoms with E-state index < -0.39 is 0 Å². The number of benzene rings is 3. The van der Waals surface area contributed by atoms with Gasteiger partial charge in [0.15, 0.2) is 11.5 Å². The molecule has 0 aromatic heterocycles. The van der Waals surface area contributed by atoms with Crippen molar-refractivity contribution < 1.29 is 9.47 Å². The summed E-state index contributed by atoms with van der Waals surface area (Å²) in [5, 5.41) is 6.16. The second-order valence-electron chi connectivity index (χ2n) is 6.38. The maximum atomic E-state index is 5.70. The highest BCUT2D eigenvalue weighted by atomic mass is 16.5. The Bertz CT molecular complexity index is 937. The highest BCUT2D eigenvalue weighted by molar-refractivity contribution is 5.86. The smallest absolute Gasteiger partial charge is 0.162 e. The monoisotopic (exact) mass is 359 g/mol. The number of hydrogen-bond donors (Lipinski definition) is 1. The van der Waals surface area contributed by atoms with Gasteiger partial charge in [-0.3, -0.25) is 0 Å². The van der Waals surface area contributed by atoms with Crippen LogP contribution in [0.25, 0.3) is 10.8 Å². The first-order valence-electron chi connectivity index (χ1n) is 9.26. The Labute approximate surface area is 161 Å². The van der Waals surface area contributed by atoms with E-state index in [1.165, 1.54) is 16.3 Å². The third kappa shape index (κ3) is 4.61. The molecule has 0 radical (unpaired) electrons. The van der Waals surface area contributed by atoms with Crippen LogP contribution in [0.3, 0.4) is 0 Å². The van der Waals surface area contributed by atoms with Crippen LogP contribution < -0.4 is 14.8 Å². The lowest BCUT2D eigenvalue weighted by Crippen LogP contribution is -2.18. The summed E-state index contributed by atoms with van der Waals surface area (Å²) >= 11 is 0. The number of rotatable bonds is 8. The van der Waals surface area contributed by atoms with E-state index >= 15 is 0 Å². The van der Waals surface area contributed by atoms with Crippen molar-refractivity contribution in [3.05, 3.63) is 71.8 Å². The first-order chi connectivity index (χ1) is 13.2. The minimum atomic E-state index is 0.226. The second-order valence-corrected chi connectivity index (χ2v) is 6.38. The second kappa shape index (κ2) is 9.12. The summed E-state index contributed by atoms with van der Waals surface area (Å²) in [5.74, 6) is 3.89. The Morgan fingerprint density at radius 2 is 1.81 bits per heavy atom. The maximum absolute atomic E-state index is 5.70. The van der Waals surface area contributed by atoms with Crippen molar-refractivity contribution in [3.63, 3.8) is 0 Å². The van der Waals surface area contributed by atoms with Crippen LogP contribution in [0.1, 0.15) is 31.0 Å². The van der Waals surface area contributed by atoms with Gasteiger partial charge in [0, 0.05) is 12.6 Å². The molecule has 0 fully saturated rings. The van der Waals surface area contributed by atoms with Gasteiger partial charge in [0.2, 0.25) is 0 Å². The maximum Gasteiger partial charge on any atom is 0.162 e. The fourth-order valence-electron chi connectivity index (χ4n) is 3.18. The standard InChI is InChI=1S/C24H25NO2/c1-4-15-27-23-14-13-19(16-24(23)26-5-2)17-25-18(3)21-12-8-10-20-9-6-7-11-22(20)21/h1,6-14,16,18,25H,5,15,17H2,2-3H3/t18-/m1/s1. The SMILES string of the molecule is C#CCOc1ccc(CN[C@H](C)c2cccc3ccccc23)cc1OCC. The fraction of sp³-hybridized carbons (Fsp3) is 0.250. The van der Waals surface area contributed by atoms with Crippen molar-refractivity contribution >= 4 is 10.8 Å². The van der Waals surface area contributed by atoms with E-state index in [-0.39, 0.29) is 12.6 Å². The molecule has 3 heteroatoms. The van der Waals surface area contributed by atoms with Crippen molar-refractivity contribution in [2.24, 2.45) is 0 Å². The zero-order valence-corrected chi connectivity index (χ0v) is 15.9. The van der Waals surface area contributed by atoms with Crippen LogP contribution in [0, 0.1) is 12.3 Å². The highest BCUT2D eigenvalue weighted by Gasteiger charge is 2.10. The fourth-order valence-corrected chi connectivity index (χ4v) is 3.18. The van der Waals surface area contributed by atoms with Crippen LogP contribution >= 0.6 is 0 Å². The molecule has 0 saturated heterocycles. The molecule has 0 spiro atoms. The van der Waals surface area contributed by atoms with Gasteiger partial charge in [-0.2, -0.15) is 0 Å². The number of fused-ring (bicyclic) bond motifs is 1. The van der Waals surface area contributed by atoms with Gasteiger partial charge in [-0.05, 0) is 47.9 Å². The van der Waals surface area contributed by atoms with E-state index in [1.807, 2.05) is 25.1 Å². The molecule has 0 amide bonds. The summed E-state index contributed by atoms with van der Waals surface area (Å²) in [6.45, 7) is 5.69. The zero-order valence-electron chi connectivity index (χ0n) is 15.9. The Morgan fingerprint density at radius 3 is 2.63 bits per heavy atom. The van der Waals surface area contributed by atoms with E-state index in [0.717, 1.165) is 17.9 Å². The third-order valence-corrected chi connectivity index (χ3v) is 4.52. The van der Waals surface area contributed by atoms with Crippen LogP contribution in [-0.4, -0.2) is 13.2 Å². The van der Waals surface area contributed by atoms with Crippen molar-refractivity contribution in [1.29, 1.82) is 0 Å². The summed E-state index contributed by atoms with van der Waals surface area (Å²) in [6.07, 6.45) is 5.28. The summed E-state index contributed by atoms with van der Waals surface area (Å²) in [5.41, 5.74) is 2.44. The lowest BCUT2D eigenvalue weighted by molar-refractivity contribution is 0.299. The van der Waals surface area contributed by atoms with Crippen molar-refractivity contribution in [2.75, 3.05) is 13.2 Å². The molecule has 0 aliphatic rings. The molecule has 3 aromatic rings. The molecule has 3 nitrogen and oxygen atoms in total. The number of terminal acetylenes is 1. The average Bonchev–Trinajstić information content (AvgIpc) is 2.71. The average molecular weight is 359 g/mol. The third-order valence-electron chi connectivity index (χ3n) is 4.52. The predicted molar refractivity (Wildman–Crippen MR) is 111 cm³/mol. The van der Waals surface area contributed by atoms with Gasteiger partial charge in [-0.1, -0.05) is 54.5 Å². The number of nitrogens with one attached hydrogen (secondary N) is 1. The molecule has 0 unspecified atom stereocenters. The summed E-state index contributed by atoms with van der Waals surface area (Å²) in [6, 6.07) is 21.1. The normalized spacial score (nSPS) is 11.7. The molecular weight excluding hydrogens is 334 g/mol. The van der Waals surface area contributed by atoms with Gasteiger partial charge in [0.25, 0.3) is 0 Å². The topological polar surface area (TPSA) is 30.5 Å². The lowest BCUT2D eigenvalue weighted by Gasteiger charge is -2.18. The molecule has 138 valence electrons. The van der Waals surface area contributed by atoms with Crippen molar-refractivity contribution in [1.82, 2.24) is 5.32 Å². The molecule has 3 aromatic carbocycles. The van der Waals surface area contributed by atoms with Gasteiger partial charge in [-0.15, -0.1) is 6.42 Å². The predicted octanol–water partition coefficient (Wildman–Crippen LogP) is 5.10. The molecule has 0 bridgehead atoms. The van der Waals surface area contributed by atoms with Crippen LogP contribution in [0.15, 0.2) is 60.7 Å². The van der Waals surface area contributed by atoms with Gasteiger partial charge in [0.1, 0.15) is 6.61 Å². The molecule has 27 heavy (non-hydrogen) atoms. The zero-order chi connectivity index (χ0) is 19.1. The molecule has 0 heterocycles. The van der Waals surface area contributed by atoms with Gasteiger partial charge in [0.05, 0.1) is 6.61 Å². The van der Waals surface area contributed by atoms with Crippen molar-refractivity contribution in [2.45, 2.75) is 26.4 Å². The molecule has 1 N–H and O–H groups in total. The van der Waals surface area contributed by atoms with Crippen LogP contribution in [-0.2, 0) is 6.54 Å². The van der Waals surface area contributed by atoms with Crippen LogP contribution in [0.2, 0.25) is 0 Å². The minimum absolute atomic E-state index is 0.226. The van der Waals surface area contributed by atoms with E-state index in [4.69, 9.17) is 15.9 Å². The van der Waals surface area contributed by atoms with E-state index in [9.17, 15) is 0 Å². The first-order valence-corrected chi connectivity index (χ1v) is 9.26. The van der Waals surface area contributed by atoms with Crippen LogP contribution in [0.5, 0.6) is 11.5 Å². The molecule has 1 atom stereocenters. The molecule has 0 aliphatic carbocycles. The Balaban J connectivity index is 1.73. The van der Waals surface area contributed by atoms with Gasteiger partial charge in [-0.25, -0.2) is 0 Å². The van der Waals surface area contributed by atoms with E-state index in [1.54, 1.807) is 0 Å². The van der Waals surface area contributed by atoms with Gasteiger partial charge >= 0.3 is 0 Å². The largest absolute Gasteiger partial charge is 0.490 e. The Kier molecular flexibility index (Phi) is 6.35. The molecule has 0 saturated carbocycles. The summed E-state index contributed by atoms with van der Waals surface area (Å²) in [7, 11) is 0. The quantitative estimate of drug-likeness (QED) is 0.568.